The number of anilines is 3. The van der Waals surface area contributed by atoms with Crippen LogP contribution in [0.15, 0.2) is 176 Å². The lowest BCUT2D eigenvalue weighted by molar-refractivity contribution is 0.660. The van der Waals surface area contributed by atoms with Gasteiger partial charge in [-0.05, 0) is 86.5 Å². The average molecular weight is 590 g/mol. The molecule has 7 aromatic rings. The van der Waals surface area contributed by atoms with Gasteiger partial charge in [-0.15, -0.1) is 0 Å². The number of rotatable bonds is 6. The lowest BCUT2D eigenvalue weighted by Gasteiger charge is -2.30. The van der Waals surface area contributed by atoms with Gasteiger partial charge in [0.1, 0.15) is 0 Å². The molecule has 0 aliphatic heterocycles. The Morgan fingerprint density at radius 3 is 1.48 bits per heavy atom. The SMILES string of the molecule is CC1(C)c2cc(N(c3ccccc3)c3ccc(-c4ccccc4)cc3)c(-c3ccccc3)cc2-c2c(-c3ccccc3)cccc21. The highest BCUT2D eigenvalue weighted by molar-refractivity contribution is 5.98. The summed E-state index contributed by atoms with van der Waals surface area (Å²) in [6, 6.07) is 63.7. The summed E-state index contributed by atoms with van der Waals surface area (Å²) in [4.78, 5) is 2.43. The molecule has 7 aromatic carbocycles. The Labute approximate surface area is 272 Å². The first-order valence-corrected chi connectivity index (χ1v) is 16.0. The van der Waals surface area contributed by atoms with Gasteiger partial charge in [0.25, 0.3) is 0 Å². The van der Waals surface area contributed by atoms with Gasteiger partial charge in [-0.25, -0.2) is 0 Å². The zero-order valence-corrected chi connectivity index (χ0v) is 26.2. The van der Waals surface area contributed by atoms with Crippen LogP contribution in [0.2, 0.25) is 0 Å². The molecule has 46 heavy (non-hydrogen) atoms. The predicted molar refractivity (Wildman–Crippen MR) is 195 cm³/mol. The van der Waals surface area contributed by atoms with Gasteiger partial charge in [0.05, 0.1) is 5.69 Å². The van der Waals surface area contributed by atoms with Crippen LogP contribution >= 0.6 is 0 Å². The highest BCUT2D eigenvalue weighted by Gasteiger charge is 2.38. The van der Waals surface area contributed by atoms with Crippen LogP contribution in [-0.4, -0.2) is 0 Å². The van der Waals surface area contributed by atoms with Gasteiger partial charge in [-0.2, -0.15) is 0 Å². The van der Waals surface area contributed by atoms with Crippen molar-refractivity contribution < 1.29 is 0 Å². The summed E-state index contributed by atoms with van der Waals surface area (Å²) in [5, 5.41) is 0. The molecule has 8 rings (SSSR count). The molecule has 0 spiro atoms. The van der Waals surface area contributed by atoms with Crippen molar-refractivity contribution >= 4 is 17.1 Å². The van der Waals surface area contributed by atoms with Crippen LogP contribution < -0.4 is 4.90 Å². The third-order valence-electron chi connectivity index (χ3n) is 9.47. The molecule has 0 unspecified atom stereocenters. The normalized spacial score (nSPS) is 12.7. The minimum atomic E-state index is -0.168. The quantitative estimate of drug-likeness (QED) is 0.186. The van der Waals surface area contributed by atoms with Gasteiger partial charge in [-0.1, -0.05) is 153 Å². The van der Waals surface area contributed by atoms with Gasteiger partial charge in [0.2, 0.25) is 0 Å². The molecule has 0 amide bonds. The first-order chi connectivity index (χ1) is 22.6. The number of nitrogens with zero attached hydrogens (tertiary/aromatic N) is 1. The minimum Gasteiger partial charge on any atom is -0.310 e. The average Bonchev–Trinajstić information content (AvgIpc) is 3.35. The van der Waals surface area contributed by atoms with E-state index in [2.05, 4.69) is 195 Å². The Morgan fingerprint density at radius 2 is 0.870 bits per heavy atom. The van der Waals surface area contributed by atoms with Crippen LogP contribution in [0, 0.1) is 0 Å². The summed E-state index contributed by atoms with van der Waals surface area (Å²) in [6.07, 6.45) is 0. The van der Waals surface area contributed by atoms with Crippen molar-refractivity contribution in [3.05, 3.63) is 187 Å². The monoisotopic (exact) mass is 589 g/mol. The van der Waals surface area contributed by atoms with Gasteiger partial charge in [0, 0.05) is 22.4 Å². The van der Waals surface area contributed by atoms with E-state index in [1.54, 1.807) is 0 Å². The number of benzene rings is 7. The van der Waals surface area contributed by atoms with E-state index in [0.29, 0.717) is 0 Å². The standard InChI is InChI=1S/C45H35N/c1-45(2)41-25-15-24-38(34-18-9-4-10-19-34)44(41)40-30-39(35-20-11-5-12-21-35)43(31-42(40)45)46(36-22-13-6-14-23-36)37-28-26-33(27-29-37)32-16-7-3-8-17-32/h3-31H,1-2H3. The topological polar surface area (TPSA) is 3.24 Å². The van der Waals surface area contributed by atoms with E-state index < -0.39 is 0 Å². The molecule has 0 aromatic heterocycles. The Balaban J connectivity index is 1.38. The fourth-order valence-corrected chi connectivity index (χ4v) is 7.15. The Morgan fingerprint density at radius 1 is 0.370 bits per heavy atom. The maximum absolute atomic E-state index is 2.46. The molecule has 1 heteroatoms. The number of para-hydroxylation sites is 1. The van der Waals surface area contributed by atoms with E-state index in [4.69, 9.17) is 0 Å². The van der Waals surface area contributed by atoms with Gasteiger partial charge in [-0.3, -0.25) is 0 Å². The van der Waals surface area contributed by atoms with Crippen LogP contribution in [0.1, 0.15) is 25.0 Å². The van der Waals surface area contributed by atoms with Crippen molar-refractivity contribution in [3.8, 4) is 44.5 Å². The molecule has 220 valence electrons. The summed E-state index contributed by atoms with van der Waals surface area (Å²) < 4.78 is 0. The van der Waals surface area contributed by atoms with Gasteiger partial charge >= 0.3 is 0 Å². The van der Waals surface area contributed by atoms with Crippen LogP contribution in [-0.2, 0) is 5.41 Å². The maximum Gasteiger partial charge on any atom is 0.0543 e. The maximum atomic E-state index is 2.46. The number of fused-ring (bicyclic) bond motifs is 3. The molecule has 0 N–H and O–H groups in total. The van der Waals surface area contributed by atoms with Gasteiger partial charge < -0.3 is 4.90 Å². The fraction of sp³-hybridized carbons (Fsp3) is 0.0667. The minimum absolute atomic E-state index is 0.168. The van der Waals surface area contributed by atoms with Crippen LogP contribution in [0.4, 0.5) is 17.1 Å². The molecule has 0 fully saturated rings. The summed E-state index contributed by atoms with van der Waals surface area (Å²) in [5.74, 6) is 0. The molecule has 1 nitrogen and oxygen atoms in total. The van der Waals surface area contributed by atoms with Crippen molar-refractivity contribution in [2.75, 3.05) is 4.90 Å². The van der Waals surface area contributed by atoms with Crippen molar-refractivity contribution in [3.63, 3.8) is 0 Å². The predicted octanol–water partition coefficient (Wildman–Crippen LogP) is 12.5. The van der Waals surface area contributed by atoms with Crippen LogP contribution in [0.25, 0.3) is 44.5 Å². The van der Waals surface area contributed by atoms with E-state index in [9.17, 15) is 0 Å². The second-order valence-corrected chi connectivity index (χ2v) is 12.6. The lowest BCUT2D eigenvalue weighted by atomic mass is 9.81. The molecule has 0 heterocycles. The summed E-state index contributed by atoms with van der Waals surface area (Å²) in [7, 11) is 0. The fourth-order valence-electron chi connectivity index (χ4n) is 7.15. The highest BCUT2D eigenvalue weighted by Crippen LogP contribution is 2.55. The summed E-state index contributed by atoms with van der Waals surface area (Å²) >= 11 is 0. The number of hydrogen-bond acceptors (Lipinski definition) is 1. The lowest BCUT2D eigenvalue weighted by Crippen LogP contribution is -2.17. The third kappa shape index (κ3) is 4.73. The van der Waals surface area contributed by atoms with Crippen molar-refractivity contribution in [1.82, 2.24) is 0 Å². The van der Waals surface area contributed by atoms with Crippen molar-refractivity contribution in [2.45, 2.75) is 19.3 Å². The third-order valence-corrected chi connectivity index (χ3v) is 9.47. The molecular formula is C45H35N. The Hall–Kier alpha value is -5.66. The second-order valence-electron chi connectivity index (χ2n) is 12.6. The zero-order chi connectivity index (χ0) is 31.1. The summed E-state index contributed by atoms with van der Waals surface area (Å²) in [5.41, 5.74) is 16.0. The van der Waals surface area contributed by atoms with Gasteiger partial charge in [0.15, 0.2) is 0 Å². The second kappa shape index (κ2) is 11.4. The summed E-state index contributed by atoms with van der Waals surface area (Å²) in [6.45, 7) is 4.75. The molecular weight excluding hydrogens is 555 g/mol. The van der Waals surface area contributed by atoms with Crippen molar-refractivity contribution in [2.24, 2.45) is 0 Å². The molecule has 0 radical (unpaired) electrons. The molecule has 0 bridgehead atoms. The van der Waals surface area contributed by atoms with E-state index in [0.717, 1.165) is 11.4 Å². The molecule has 0 saturated heterocycles. The smallest absolute Gasteiger partial charge is 0.0543 e. The Bertz CT molecular complexity index is 2130. The van der Waals surface area contributed by atoms with Crippen LogP contribution in [0.5, 0.6) is 0 Å². The zero-order valence-electron chi connectivity index (χ0n) is 26.2. The molecule has 0 saturated carbocycles. The van der Waals surface area contributed by atoms with Crippen molar-refractivity contribution in [1.29, 1.82) is 0 Å². The van der Waals surface area contributed by atoms with E-state index in [1.165, 1.54) is 61.3 Å². The first-order valence-electron chi connectivity index (χ1n) is 16.0. The molecule has 1 aliphatic rings. The highest BCUT2D eigenvalue weighted by atomic mass is 15.1. The van der Waals surface area contributed by atoms with Crippen LogP contribution in [0.3, 0.4) is 0 Å². The van der Waals surface area contributed by atoms with E-state index in [-0.39, 0.29) is 5.41 Å². The largest absolute Gasteiger partial charge is 0.310 e. The number of hydrogen-bond donors (Lipinski definition) is 0. The molecule has 1 aliphatic carbocycles. The van der Waals surface area contributed by atoms with E-state index in [1.807, 2.05) is 0 Å². The Kier molecular flexibility index (Phi) is 6.88. The molecule has 0 atom stereocenters. The van der Waals surface area contributed by atoms with E-state index >= 15 is 0 Å². The first kappa shape index (κ1) is 27.9.